The van der Waals surface area contributed by atoms with Gasteiger partial charge in [0.1, 0.15) is 22.3 Å². The van der Waals surface area contributed by atoms with Gasteiger partial charge < -0.3 is 10.5 Å². The average Bonchev–Trinajstić information content (AvgIpc) is 2.89. The highest BCUT2D eigenvalue weighted by Crippen LogP contribution is 2.19. The number of hydrogen-bond donors (Lipinski definition) is 1. The summed E-state index contributed by atoms with van der Waals surface area (Å²) >= 11 is 6.42. The van der Waals surface area contributed by atoms with Crippen molar-refractivity contribution in [1.82, 2.24) is 14.1 Å². The van der Waals surface area contributed by atoms with Crippen molar-refractivity contribution in [2.24, 2.45) is 12.0 Å². The Morgan fingerprint density at radius 3 is 2.36 bits per heavy atom. The lowest BCUT2D eigenvalue weighted by Gasteiger charge is -2.15. The lowest BCUT2D eigenvalue weighted by atomic mass is 10.1. The summed E-state index contributed by atoms with van der Waals surface area (Å²) in [4.78, 5) is 33.8. The van der Waals surface area contributed by atoms with Gasteiger partial charge in [0.05, 0.1) is 25.9 Å². The summed E-state index contributed by atoms with van der Waals surface area (Å²) in [6, 6.07) is 18.9. The van der Waals surface area contributed by atoms with Gasteiger partial charge in [-0.05, 0) is 35.4 Å². The summed E-state index contributed by atoms with van der Waals surface area (Å²) in [5.41, 5.74) is 7.84. The van der Waals surface area contributed by atoms with Crippen LogP contribution in [0, 0.1) is 5.95 Å². The zero-order chi connectivity index (χ0) is 25.8. The van der Waals surface area contributed by atoms with Crippen LogP contribution in [0.15, 0.2) is 81.3 Å². The summed E-state index contributed by atoms with van der Waals surface area (Å²) in [7, 11) is 2.93. The number of benzene rings is 2. The summed E-state index contributed by atoms with van der Waals surface area (Å²) in [6.45, 7) is 0.297. The van der Waals surface area contributed by atoms with Gasteiger partial charge in [-0.3, -0.25) is 18.9 Å². The number of anilines is 1. The topological polar surface area (TPSA) is 104 Å². The van der Waals surface area contributed by atoms with Crippen LogP contribution in [0.2, 0.25) is 0 Å². The second-order valence-corrected chi connectivity index (χ2v) is 8.35. The fraction of sp³-hybridized carbons (Fsp3) is 0.154. The fourth-order valence-corrected chi connectivity index (χ4v) is 3.87. The maximum absolute atomic E-state index is 13.4. The Hall–Kier alpha value is -4.24. The van der Waals surface area contributed by atoms with Crippen molar-refractivity contribution in [3.8, 4) is 17.0 Å². The minimum Gasteiger partial charge on any atom is -0.497 e. The highest BCUT2D eigenvalue weighted by atomic mass is 35.5. The number of methoxy groups -OCH3 is 1. The number of halogens is 2. The van der Waals surface area contributed by atoms with Crippen LogP contribution >= 0.6 is 11.6 Å². The number of nitrogens with zero attached hydrogens (tertiary/aromatic N) is 4. The standard InChI is InChI=1S/C26H23ClFN5O3/c1-32-25(34)22(24(29)33(26(32)35)15-17-8-12-19(36-2)13-9-17)23(27)30-14-16-6-10-18(11-7-16)20-4-3-5-21(28)31-20/h3-13H,14-15,29H2,1-2H3. The van der Waals surface area contributed by atoms with E-state index in [4.69, 9.17) is 22.1 Å². The average molecular weight is 508 g/mol. The summed E-state index contributed by atoms with van der Waals surface area (Å²) in [5.74, 6) is 0.0521. The summed E-state index contributed by atoms with van der Waals surface area (Å²) in [5, 5.41) is -0.104. The van der Waals surface area contributed by atoms with Crippen molar-refractivity contribution in [1.29, 1.82) is 0 Å². The van der Waals surface area contributed by atoms with Crippen LogP contribution in [-0.2, 0) is 20.1 Å². The number of rotatable bonds is 7. The summed E-state index contributed by atoms with van der Waals surface area (Å²) < 4.78 is 20.8. The molecule has 0 bridgehead atoms. The third-order valence-electron chi connectivity index (χ3n) is 5.65. The zero-order valence-corrected chi connectivity index (χ0v) is 20.4. The highest BCUT2D eigenvalue weighted by Gasteiger charge is 2.19. The molecule has 2 aromatic heterocycles. The fourth-order valence-electron chi connectivity index (χ4n) is 3.63. The van der Waals surface area contributed by atoms with Gasteiger partial charge in [0.2, 0.25) is 5.95 Å². The van der Waals surface area contributed by atoms with E-state index < -0.39 is 17.2 Å². The molecule has 0 fully saturated rings. The molecule has 184 valence electrons. The van der Waals surface area contributed by atoms with Crippen molar-refractivity contribution in [3.63, 3.8) is 0 Å². The summed E-state index contributed by atoms with van der Waals surface area (Å²) in [6.07, 6.45) is 0. The van der Waals surface area contributed by atoms with Gasteiger partial charge in [-0.2, -0.15) is 4.39 Å². The van der Waals surface area contributed by atoms with Gasteiger partial charge in [-0.15, -0.1) is 0 Å². The first-order valence-electron chi connectivity index (χ1n) is 10.9. The van der Waals surface area contributed by atoms with Gasteiger partial charge in [-0.1, -0.05) is 54.1 Å². The molecule has 0 amide bonds. The van der Waals surface area contributed by atoms with Gasteiger partial charge in [0, 0.05) is 12.6 Å². The predicted octanol–water partition coefficient (Wildman–Crippen LogP) is 3.57. The molecule has 2 aromatic carbocycles. The molecule has 4 aromatic rings. The Balaban J connectivity index is 1.61. The first-order valence-corrected chi connectivity index (χ1v) is 11.3. The molecule has 2 N–H and O–H groups in total. The predicted molar refractivity (Wildman–Crippen MR) is 138 cm³/mol. The van der Waals surface area contributed by atoms with E-state index in [1.165, 1.54) is 17.7 Å². The quantitative estimate of drug-likeness (QED) is 0.304. The van der Waals surface area contributed by atoms with E-state index in [0.717, 1.165) is 21.3 Å². The molecular formula is C26H23ClFN5O3. The number of nitrogens with two attached hydrogens (primary N) is 1. The molecule has 0 spiro atoms. The lowest BCUT2D eigenvalue weighted by molar-refractivity contribution is 0.414. The Morgan fingerprint density at radius 1 is 1.06 bits per heavy atom. The number of aromatic nitrogens is 3. The molecule has 0 aliphatic rings. The minimum atomic E-state index is -0.634. The molecule has 4 rings (SSSR count). The molecule has 8 nitrogen and oxygen atoms in total. The lowest BCUT2D eigenvalue weighted by Crippen LogP contribution is -2.42. The molecule has 0 saturated carbocycles. The van der Waals surface area contributed by atoms with Crippen LogP contribution in [0.25, 0.3) is 11.3 Å². The first kappa shape index (κ1) is 24.9. The normalized spacial score (nSPS) is 11.5. The molecule has 36 heavy (non-hydrogen) atoms. The third-order valence-corrected chi connectivity index (χ3v) is 5.96. The van der Waals surface area contributed by atoms with Crippen LogP contribution < -0.4 is 21.7 Å². The highest BCUT2D eigenvalue weighted by molar-refractivity contribution is 6.70. The van der Waals surface area contributed by atoms with Crippen LogP contribution in [0.1, 0.15) is 16.7 Å². The molecule has 2 heterocycles. The van der Waals surface area contributed by atoms with Crippen molar-refractivity contribution in [2.75, 3.05) is 12.8 Å². The van der Waals surface area contributed by atoms with E-state index >= 15 is 0 Å². The van der Waals surface area contributed by atoms with Gasteiger partial charge in [0.15, 0.2) is 0 Å². The van der Waals surface area contributed by atoms with E-state index in [1.54, 1.807) is 55.6 Å². The van der Waals surface area contributed by atoms with Gasteiger partial charge in [-0.25, -0.2) is 9.78 Å². The van der Waals surface area contributed by atoms with Crippen LogP contribution in [0.4, 0.5) is 10.2 Å². The maximum atomic E-state index is 13.4. The molecule has 0 unspecified atom stereocenters. The first-order chi connectivity index (χ1) is 17.3. The van der Waals surface area contributed by atoms with E-state index in [2.05, 4.69) is 9.98 Å². The number of hydrogen-bond acceptors (Lipinski definition) is 6. The monoisotopic (exact) mass is 507 g/mol. The van der Waals surface area contributed by atoms with Crippen LogP contribution in [0.5, 0.6) is 5.75 Å². The Bertz CT molecular complexity index is 1540. The van der Waals surface area contributed by atoms with E-state index in [0.29, 0.717) is 11.4 Å². The molecule has 0 saturated heterocycles. The third kappa shape index (κ3) is 5.21. The molecule has 0 aliphatic heterocycles. The largest absolute Gasteiger partial charge is 0.497 e. The van der Waals surface area contributed by atoms with Gasteiger partial charge >= 0.3 is 5.69 Å². The van der Waals surface area contributed by atoms with Crippen molar-refractivity contribution in [3.05, 3.63) is 110 Å². The Morgan fingerprint density at radius 2 is 1.72 bits per heavy atom. The molecule has 0 aliphatic carbocycles. The van der Waals surface area contributed by atoms with E-state index in [-0.39, 0.29) is 29.6 Å². The maximum Gasteiger partial charge on any atom is 0.332 e. The Kier molecular flexibility index (Phi) is 7.30. The SMILES string of the molecule is COc1ccc(Cn2c(N)c(C(Cl)=NCc3ccc(-c4cccc(F)n4)cc3)c(=O)n(C)c2=O)cc1. The van der Waals surface area contributed by atoms with Gasteiger partial charge in [0.25, 0.3) is 5.56 Å². The van der Waals surface area contributed by atoms with Crippen LogP contribution in [0.3, 0.4) is 0 Å². The molecule has 0 radical (unpaired) electrons. The van der Waals surface area contributed by atoms with Crippen molar-refractivity contribution < 1.29 is 9.13 Å². The molecule has 0 atom stereocenters. The molecule has 10 heteroatoms. The number of aliphatic imine (C=N–C) groups is 1. The minimum absolute atomic E-state index is 0.0483. The van der Waals surface area contributed by atoms with E-state index in [1.807, 2.05) is 12.1 Å². The smallest absolute Gasteiger partial charge is 0.332 e. The second kappa shape index (κ2) is 10.6. The molecular weight excluding hydrogens is 485 g/mol. The van der Waals surface area contributed by atoms with Crippen LogP contribution in [-0.4, -0.2) is 26.4 Å². The second-order valence-electron chi connectivity index (χ2n) is 7.99. The van der Waals surface area contributed by atoms with Crippen molar-refractivity contribution >= 4 is 22.6 Å². The number of ether oxygens (including phenoxy) is 1. The van der Waals surface area contributed by atoms with Crippen molar-refractivity contribution in [2.45, 2.75) is 13.1 Å². The number of nitrogen functional groups attached to an aromatic ring is 1. The zero-order valence-electron chi connectivity index (χ0n) is 19.6. The Labute approximate surface area is 211 Å². The van der Waals surface area contributed by atoms with E-state index in [9.17, 15) is 14.0 Å². The number of pyridine rings is 1.